The van der Waals surface area contributed by atoms with Crippen LogP contribution in [0.3, 0.4) is 0 Å². The molecule has 2 saturated heterocycles. The maximum Gasteiger partial charge on any atom is 0.417 e. The number of hydrogen-bond acceptors (Lipinski definition) is 6. The fourth-order valence-corrected chi connectivity index (χ4v) is 6.76. The Morgan fingerprint density at radius 2 is 1.83 bits per heavy atom. The minimum atomic E-state index is -4.51. The molecule has 2 unspecified atom stereocenters. The zero-order chi connectivity index (χ0) is 28.5. The van der Waals surface area contributed by atoms with Gasteiger partial charge in [-0.3, -0.25) is 0 Å². The van der Waals surface area contributed by atoms with E-state index in [1.54, 1.807) is 12.1 Å². The lowest BCUT2D eigenvalue weighted by Crippen LogP contribution is -2.45. The molecular formula is C31H29F3N2O5. The first-order chi connectivity index (χ1) is 19.7. The van der Waals surface area contributed by atoms with E-state index >= 15 is 0 Å². The molecule has 2 aliphatic heterocycles. The van der Waals surface area contributed by atoms with Crippen LogP contribution in [0.15, 0.2) is 51.4 Å². The zero-order valence-corrected chi connectivity index (χ0v) is 22.4. The van der Waals surface area contributed by atoms with Crippen LogP contribution >= 0.6 is 0 Å². The lowest BCUT2D eigenvalue weighted by molar-refractivity contribution is -0.137. The van der Waals surface area contributed by atoms with Gasteiger partial charge in [0.05, 0.1) is 18.3 Å². The van der Waals surface area contributed by atoms with Crippen molar-refractivity contribution in [1.82, 2.24) is 5.16 Å². The molecule has 3 aliphatic rings. The number of aromatic nitrogens is 1. The Morgan fingerprint density at radius 3 is 2.51 bits per heavy atom. The van der Waals surface area contributed by atoms with Gasteiger partial charge in [-0.1, -0.05) is 23.4 Å². The van der Waals surface area contributed by atoms with Crippen molar-refractivity contribution >= 4 is 22.6 Å². The van der Waals surface area contributed by atoms with E-state index in [0.29, 0.717) is 16.9 Å². The predicted octanol–water partition coefficient (Wildman–Crippen LogP) is 7.71. The SMILES string of the molecule is Cc1c(N2C3CC[C@H]2CC(OCc2c(-c4ccccc4C(F)(F)F)noc2C2CC2)C3)ccc2oc(C(=O)O)cc12. The molecule has 41 heavy (non-hydrogen) atoms. The van der Waals surface area contributed by atoms with Crippen LogP contribution in [0.2, 0.25) is 0 Å². The molecule has 0 spiro atoms. The van der Waals surface area contributed by atoms with Crippen LogP contribution < -0.4 is 4.90 Å². The molecule has 10 heteroatoms. The summed E-state index contributed by atoms with van der Waals surface area (Å²) in [6.07, 6.45) is 0.909. The van der Waals surface area contributed by atoms with Crippen LogP contribution in [-0.2, 0) is 17.5 Å². The average Bonchev–Trinajstić information content (AvgIpc) is 3.44. The molecule has 3 fully saturated rings. The number of aromatic carboxylic acids is 1. The molecule has 2 aromatic heterocycles. The van der Waals surface area contributed by atoms with Gasteiger partial charge in [0.25, 0.3) is 0 Å². The molecule has 1 saturated carbocycles. The molecule has 2 aromatic carbocycles. The highest BCUT2D eigenvalue weighted by molar-refractivity contribution is 5.94. The smallest absolute Gasteiger partial charge is 0.417 e. The summed E-state index contributed by atoms with van der Waals surface area (Å²) in [7, 11) is 0. The Labute approximate surface area is 233 Å². The highest BCUT2D eigenvalue weighted by Gasteiger charge is 2.43. The number of carbonyl (C=O) groups is 1. The summed E-state index contributed by atoms with van der Waals surface area (Å²) in [5.41, 5.74) is 2.73. The number of halogens is 3. The second kappa shape index (κ2) is 9.65. The maximum absolute atomic E-state index is 13.8. The number of aryl methyl sites for hydroxylation is 1. The monoisotopic (exact) mass is 566 g/mol. The number of ether oxygens (including phenoxy) is 1. The van der Waals surface area contributed by atoms with E-state index < -0.39 is 17.7 Å². The molecule has 7 rings (SSSR count). The van der Waals surface area contributed by atoms with Crippen molar-refractivity contribution in [3.8, 4) is 11.3 Å². The van der Waals surface area contributed by atoms with Crippen LogP contribution in [-0.4, -0.2) is 34.4 Å². The number of rotatable bonds is 7. The lowest BCUT2D eigenvalue weighted by atomic mass is 9.96. The molecule has 0 amide bonds. The van der Waals surface area contributed by atoms with Gasteiger partial charge in [-0.05, 0) is 75.3 Å². The second-order valence-electron chi connectivity index (χ2n) is 11.4. The third-order valence-electron chi connectivity index (χ3n) is 8.84. The Morgan fingerprint density at radius 1 is 1.10 bits per heavy atom. The normalized spacial score (nSPS) is 22.5. The van der Waals surface area contributed by atoms with Crippen LogP contribution in [0, 0.1) is 6.92 Å². The third kappa shape index (κ3) is 4.58. The highest BCUT2D eigenvalue weighted by Crippen LogP contribution is 2.47. The van der Waals surface area contributed by atoms with Crippen LogP contribution in [0.1, 0.15) is 77.4 Å². The lowest BCUT2D eigenvalue weighted by Gasteiger charge is -2.41. The number of carboxylic acid groups (broad SMARTS) is 1. The van der Waals surface area contributed by atoms with Crippen molar-refractivity contribution in [2.45, 2.75) is 82.3 Å². The number of furan rings is 1. The Bertz CT molecular complexity index is 1620. The van der Waals surface area contributed by atoms with Gasteiger partial charge >= 0.3 is 12.1 Å². The average molecular weight is 567 g/mol. The molecule has 1 N–H and O–H groups in total. The summed E-state index contributed by atoms with van der Waals surface area (Å²) in [5.74, 6) is -0.356. The standard InChI is InChI=1S/C31H29F3N2O5/c1-16-22-14-27(30(37)38)40-26(22)11-10-25(16)36-18-8-9-19(36)13-20(12-18)39-15-23-28(35-41-29(23)17-6-7-17)21-4-2-3-5-24(21)31(32,33)34/h2-5,10-11,14,17-20H,6-9,12-13,15H2,1H3,(H,37,38)/t18-,19?,20?/m0/s1. The number of alkyl halides is 3. The summed E-state index contributed by atoms with van der Waals surface area (Å²) in [6, 6.07) is 11.4. The number of carboxylic acids is 1. The highest BCUT2D eigenvalue weighted by atomic mass is 19.4. The van der Waals surface area contributed by atoms with E-state index in [2.05, 4.69) is 10.1 Å². The summed E-state index contributed by atoms with van der Waals surface area (Å²) in [4.78, 5) is 13.8. The predicted molar refractivity (Wildman–Crippen MR) is 144 cm³/mol. The van der Waals surface area contributed by atoms with Crippen LogP contribution in [0.5, 0.6) is 0 Å². The van der Waals surface area contributed by atoms with Gasteiger partial charge in [0.15, 0.2) is 0 Å². The van der Waals surface area contributed by atoms with E-state index in [9.17, 15) is 23.1 Å². The number of nitrogens with zero attached hydrogens (tertiary/aromatic N) is 2. The third-order valence-corrected chi connectivity index (χ3v) is 8.84. The molecule has 7 nitrogen and oxygen atoms in total. The van der Waals surface area contributed by atoms with E-state index in [-0.39, 0.29) is 47.7 Å². The molecule has 1 aliphatic carbocycles. The van der Waals surface area contributed by atoms with E-state index in [1.807, 2.05) is 19.1 Å². The summed E-state index contributed by atoms with van der Waals surface area (Å²) < 4.78 is 59.0. The quantitative estimate of drug-likeness (QED) is 0.245. The van der Waals surface area contributed by atoms with E-state index in [4.69, 9.17) is 13.7 Å². The van der Waals surface area contributed by atoms with Crippen LogP contribution in [0.25, 0.3) is 22.2 Å². The first-order valence-electron chi connectivity index (χ1n) is 14.0. The number of hydrogen-bond donors (Lipinski definition) is 1. The first kappa shape index (κ1) is 26.1. The number of benzene rings is 2. The summed E-state index contributed by atoms with van der Waals surface area (Å²) >= 11 is 0. The molecule has 4 heterocycles. The van der Waals surface area contributed by atoms with Gasteiger partial charge in [-0.15, -0.1) is 0 Å². The Hall–Kier alpha value is -3.79. The van der Waals surface area contributed by atoms with Crippen molar-refractivity contribution in [3.63, 3.8) is 0 Å². The zero-order valence-electron chi connectivity index (χ0n) is 22.4. The van der Waals surface area contributed by atoms with Crippen molar-refractivity contribution < 1.29 is 36.7 Å². The fraction of sp³-hybridized carbons (Fsp3) is 0.419. The first-order valence-corrected chi connectivity index (χ1v) is 14.0. The fourth-order valence-electron chi connectivity index (χ4n) is 6.76. The topological polar surface area (TPSA) is 88.9 Å². The largest absolute Gasteiger partial charge is 0.475 e. The van der Waals surface area contributed by atoms with Gasteiger partial charge in [0.2, 0.25) is 5.76 Å². The molecule has 4 aromatic rings. The Kier molecular flexibility index (Phi) is 6.15. The van der Waals surface area contributed by atoms with Crippen molar-refractivity contribution in [2.24, 2.45) is 0 Å². The maximum atomic E-state index is 13.8. The minimum Gasteiger partial charge on any atom is -0.475 e. The molecule has 0 radical (unpaired) electrons. The van der Waals surface area contributed by atoms with Crippen molar-refractivity contribution in [2.75, 3.05) is 4.90 Å². The number of piperidine rings is 1. The van der Waals surface area contributed by atoms with Crippen molar-refractivity contribution in [3.05, 3.63) is 70.7 Å². The number of anilines is 1. The summed E-state index contributed by atoms with van der Waals surface area (Å²) in [5, 5.41) is 14.3. The van der Waals surface area contributed by atoms with Gasteiger partial charge in [-0.2, -0.15) is 13.2 Å². The Balaban J connectivity index is 1.12. The van der Waals surface area contributed by atoms with Gasteiger partial charge in [0.1, 0.15) is 17.0 Å². The van der Waals surface area contributed by atoms with E-state index in [0.717, 1.165) is 61.2 Å². The summed E-state index contributed by atoms with van der Waals surface area (Å²) in [6.45, 7) is 2.14. The molecule has 3 atom stereocenters. The number of fused-ring (bicyclic) bond motifs is 3. The van der Waals surface area contributed by atoms with E-state index in [1.165, 1.54) is 12.1 Å². The second-order valence-corrected chi connectivity index (χ2v) is 11.4. The van der Waals surface area contributed by atoms with Gasteiger partial charge in [0, 0.05) is 40.2 Å². The molecule has 214 valence electrons. The van der Waals surface area contributed by atoms with Crippen molar-refractivity contribution in [1.29, 1.82) is 0 Å². The van der Waals surface area contributed by atoms with Gasteiger partial charge in [-0.25, -0.2) is 4.79 Å². The molecular weight excluding hydrogens is 537 g/mol. The molecule has 2 bridgehead atoms. The minimum absolute atomic E-state index is 0.0142. The van der Waals surface area contributed by atoms with Gasteiger partial charge < -0.3 is 23.7 Å². The van der Waals surface area contributed by atoms with Crippen LogP contribution in [0.4, 0.5) is 18.9 Å².